The molecule has 1 aliphatic carbocycles. The van der Waals surface area contributed by atoms with Gasteiger partial charge in [-0.05, 0) is 49.9 Å². The van der Waals surface area contributed by atoms with E-state index >= 15 is 0 Å². The number of benzene rings is 1. The fraction of sp³-hybridized carbons (Fsp3) is 0.300. The van der Waals surface area contributed by atoms with E-state index in [1.54, 1.807) is 0 Å². The molecule has 1 aromatic carbocycles. The lowest BCUT2D eigenvalue weighted by atomic mass is 9.86. The first kappa shape index (κ1) is 17.9. The Hall–Kier alpha value is -3.20. The Bertz CT molecular complexity index is 1290. The molecule has 148 valence electrons. The summed E-state index contributed by atoms with van der Waals surface area (Å²) in [6, 6.07) is 5.73. The van der Waals surface area contributed by atoms with Crippen LogP contribution in [0.3, 0.4) is 0 Å². The number of amides is 1. The van der Waals surface area contributed by atoms with Crippen LogP contribution in [0, 0.1) is 5.92 Å². The number of H-pyrrole nitrogens is 2. The standard InChI is InChI=1S/C20H20N6O2S/c1-2-21-19(27)10-3-5-13-12(7-10)16-17(22-9-23-18(16)25-13)24-11-4-6-14-15(8-11)29-20(28)26-14/h4,6,8-10H,2-3,5,7H2,1H3,(H,21,27)(H,26,28)(H2,22,23,24,25)/t10-/m0/s1. The lowest BCUT2D eigenvalue weighted by Crippen LogP contribution is -2.33. The summed E-state index contributed by atoms with van der Waals surface area (Å²) in [7, 11) is 0. The highest BCUT2D eigenvalue weighted by Gasteiger charge is 2.28. The second-order valence-electron chi connectivity index (χ2n) is 7.21. The van der Waals surface area contributed by atoms with Crippen LogP contribution in [0.4, 0.5) is 11.5 Å². The number of anilines is 2. The number of aromatic amines is 2. The van der Waals surface area contributed by atoms with Crippen molar-refractivity contribution < 1.29 is 4.79 Å². The van der Waals surface area contributed by atoms with E-state index in [2.05, 4.69) is 30.6 Å². The number of thiazole rings is 1. The minimum absolute atomic E-state index is 0.0389. The highest BCUT2D eigenvalue weighted by atomic mass is 32.1. The number of hydrogen-bond acceptors (Lipinski definition) is 6. The zero-order valence-corrected chi connectivity index (χ0v) is 16.7. The van der Waals surface area contributed by atoms with Crippen LogP contribution < -0.4 is 15.5 Å². The quantitative estimate of drug-likeness (QED) is 0.414. The minimum Gasteiger partial charge on any atom is -0.356 e. The third kappa shape index (κ3) is 3.17. The summed E-state index contributed by atoms with van der Waals surface area (Å²) in [4.78, 5) is 38.9. The van der Waals surface area contributed by atoms with Gasteiger partial charge in [-0.3, -0.25) is 9.59 Å². The van der Waals surface area contributed by atoms with Gasteiger partial charge in [-0.2, -0.15) is 0 Å². The van der Waals surface area contributed by atoms with Crippen molar-refractivity contribution in [1.82, 2.24) is 25.3 Å². The molecule has 0 fully saturated rings. The zero-order chi connectivity index (χ0) is 20.0. The molecule has 3 heterocycles. The van der Waals surface area contributed by atoms with Gasteiger partial charge < -0.3 is 20.6 Å². The van der Waals surface area contributed by atoms with E-state index in [-0.39, 0.29) is 16.7 Å². The summed E-state index contributed by atoms with van der Waals surface area (Å²) in [5, 5.41) is 7.24. The molecule has 5 rings (SSSR count). The van der Waals surface area contributed by atoms with Gasteiger partial charge in [0.15, 0.2) is 0 Å². The molecule has 0 bridgehead atoms. The van der Waals surface area contributed by atoms with E-state index < -0.39 is 0 Å². The van der Waals surface area contributed by atoms with Gasteiger partial charge >= 0.3 is 4.87 Å². The highest BCUT2D eigenvalue weighted by molar-refractivity contribution is 7.16. The molecule has 0 saturated heterocycles. The van der Waals surface area contributed by atoms with Crippen molar-refractivity contribution in [1.29, 1.82) is 0 Å². The van der Waals surface area contributed by atoms with Crippen molar-refractivity contribution in [3.05, 3.63) is 45.5 Å². The second kappa shape index (κ2) is 7.00. The van der Waals surface area contributed by atoms with E-state index in [1.165, 1.54) is 17.7 Å². The number of carbonyl (C=O) groups is 1. The molecular weight excluding hydrogens is 388 g/mol. The van der Waals surface area contributed by atoms with Crippen LogP contribution in [0.1, 0.15) is 24.6 Å². The fourth-order valence-corrected chi connectivity index (χ4v) is 4.81. The second-order valence-corrected chi connectivity index (χ2v) is 8.23. The van der Waals surface area contributed by atoms with Crippen molar-refractivity contribution in [2.24, 2.45) is 5.92 Å². The number of nitrogens with zero attached hydrogens (tertiary/aromatic N) is 2. The highest BCUT2D eigenvalue weighted by Crippen LogP contribution is 2.35. The molecule has 3 aromatic heterocycles. The molecule has 0 unspecified atom stereocenters. The maximum Gasteiger partial charge on any atom is 0.305 e. The van der Waals surface area contributed by atoms with Crippen LogP contribution in [0.25, 0.3) is 21.3 Å². The van der Waals surface area contributed by atoms with Gasteiger partial charge in [-0.25, -0.2) is 9.97 Å². The molecule has 1 aliphatic rings. The molecule has 0 aliphatic heterocycles. The number of aromatic nitrogens is 4. The maximum absolute atomic E-state index is 12.4. The van der Waals surface area contributed by atoms with Crippen LogP contribution >= 0.6 is 11.3 Å². The van der Waals surface area contributed by atoms with Crippen LogP contribution in [0.2, 0.25) is 0 Å². The predicted octanol–water partition coefficient (Wildman–Crippen LogP) is 2.85. The normalized spacial score (nSPS) is 16.1. The molecule has 0 spiro atoms. The smallest absolute Gasteiger partial charge is 0.305 e. The number of fused-ring (bicyclic) bond motifs is 4. The van der Waals surface area contributed by atoms with Gasteiger partial charge in [0, 0.05) is 23.8 Å². The first-order valence-corrected chi connectivity index (χ1v) is 10.5. The summed E-state index contributed by atoms with van der Waals surface area (Å²) < 4.78 is 0.887. The summed E-state index contributed by atoms with van der Waals surface area (Å²) in [6.45, 7) is 2.57. The first-order chi connectivity index (χ1) is 14.1. The third-order valence-electron chi connectivity index (χ3n) is 5.38. The van der Waals surface area contributed by atoms with Gasteiger partial charge in [-0.1, -0.05) is 11.3 Å². The van der Waals surface area contributed by atoms with Gasteiger partial charge in [-0.15, -0.1) is 0 Å². The number of nitrogens with one attached hydrogen (secondary N) is 4. The molecular formula is C20H20N6O2S. The topological polar surface area (TPSA) is 116 Å². The van der Waals surface area contributed by atoms with Gasteiger partial charge in [0.1, 0.15) is 17.8 Å². The molecule has 0 radical (unpaired) electrons. The van der Waals surface area contributed by atoms with Crippen molar-refractivity contribution in [3.8, 4) is 0 Å². The van der Waals surface area contributed by atoms with Crippen LogP contribution in [0.5, 0.6) is 0 Å². The van der Waals surface area contributed by atoms with Gasteiger partial charge in [0.25, 0.3) is 0 Å². The van der Waals surface area contributed by atoms with Gasteiger partial charge in [0.05, 0.1) is 15.6 Å². The van der Waals surface area contributed by atoms with Gasteiger partial charge in [0.2, 0.25) is 5.91 Å². The van der Waals surface area contributed by atoms with E-state index in [9.17, 15) is 9.59 Å². The average Bonchev–Trinajstić information content (AvgIpc) is 3.27. The Labute approximate surface area is 169 Å². The number of aryl methyl sites for hydroxylation is 1. The number of carbonyl (C=O) groups excluding carboxylic acids is 1. The van der Waals surface area contributed by atoms with E-state index in [0.29, 0.717) is 18.8 Å². The lowest BCUT2D eigenvalue weighted by Gasteiger charge is -2.21. The molecule has 9 heteroatoms. The van der Waals surface area contributed by atoms with Crippen LogP contribution in [-0.4, -0.2) is 32.4 Å². The Morgan fingerprint density at radius 2 is 2.21 bits per heavy atom. The zero-order valence-electron chi connectivity index (χ0n) is 15.8. The SMILES string of the molecule is CCNC(=O)[C@H]1CCc2[nH]c3ncnc(Nc4ccc5[nH]c(=O)sc5c4)c3c2C1. The summed E-state index contributed by atoms with van der Waals surface area (Å²) in [5.41, 5.74) is 4.68. The first-order valence-electron chi connectivity index (χ1n) is 9.64. The molecule has 8 nitrogen and oxygen atoms in total. The van der Waals surface area contributed by atoms with Crippen LogP contribution in [0.15, 0.2) is 29.3 Å². The van der Waals surface area contributed by atoms with Crippen molar-refractivity contribution in [3.63, 3.8) is 0 Å². The van der Waals surface area contributed by atoms with Crippen molar-refractivity contribution in [2.45, 2.75) is 26.2 Å². The summed E-state index contributed by atoms with van der Waals surface area (Å²) >= 11 is 1.18. The Morgan fingerprint density at radius 3 is 3.07 bits per heavy atom. The number of hydrogen-bond donors (Lipinski definition) is 4. The fourth-order valence-electron chi connectivity index (χ4n) is 4.04. The molecule has 1 atom stereocenters. The summed E-state index contributed by atoms with van der Waals surface area (Å²) in [5.74, 6) is 0.765. The number of rotatable bonds is 4. The molecule has 29 heavy (non-hydrogen) atoms. The molecule has 4 N–H and O–H groups in total. The van der Waals surface area contributed by atoms with Crippen molar-refractivity contribution >= 4 is 50.0 Å². The monoisotopic (exact) mass is 408 g/mol. The lowest BCUT2D eigenvalue weighted by molar-refractivity contribution is -0.125. The Kier molecular flexibility index (Phi) is 4.31. The third-order valence-corrected chi connectivity index (χ3v) is 6.23. The van der Waals surface area contributed by atoms with Crippen LogP contribution in [-0.2, 0) is 17.6 Å². The van der Waals surface area contributed by atoms with E-state index in [4.69, 9.17) is 0 Å². The predicted molar refractivity (Wildman–Crippen MR) is 114 cm³/mol. The average molecular weight is 408 g/mol. The van der Waals surface area contributed by atoms with E-state index in [0.717, 1.165) is 51.0 Å². The van der Waals surface area contributed by atoms with E-state index in [1.807, 2.05) is 25.1 Å². The largest absolute Gasteiger partial charge is 0.356 e. The minimum atomic E-state index is -0.0716. The maximum atomic E-state index is 12.4. The molecule has 0 saturated carbocycles. The summed E-state index contributed by atoms with van der Waals surface area (Å²) in [6.07, 6.45) is 3.84. The molecule has 1 amide bonds. The Balaban J connectivity index is 1.53. The Morgan fingerprint density at radius 1 is 1.31 bits per heavy atom. The van der Waals surface area contributed by atoms with Crippen molar-refractivity contribution in [2.75, 3.05) is 11.9 Å². The molecule has 4 aromatic rings.